The van der Waals surface area contributed by atoms with Crippen molar-refractivity contribution in [1.82, 2.24) is 4.90 Å². The highest BCUT2D eigenvalue weighted by atomic mass is 35.5. The predicted octanol–water partition coefficient (Wildman–Crippen LogP) is 3.64. The van der Waals surface area contributed by atoms with Crippen LogP contribution in [0.1, 0.15) is 0 Å². The number of rotatable bonds is 7. The van der Waals surface area contributed by atoms with Gasteiger partial charge in [-0.15, -0.1) is 12.4 Å². The molecule has 0 radical (unpaired) electrons. The standard InChI is InChI=1S/C18H22ClNO3.ClH/c19-18-16-4-2-1-3-15(16)5-6-17(18)23-14-13-22-12-9-20-7-10-21-11-8-20;/h1-6H,7-14H2;1H. The molecule has 0 unspecified atom stereocenters. The normalized spacial score (nSPS) is 15.2. The van der Waals surface area contributed by atoms with Crippen LogP contribution < -0.4 is 4.74 Å². The van der Waals surface area contributed by atoms with E-state index in [4.69, 9.17) is 25.8 Å². The third kappa shape index (κ3) is 5.23. The fourth-order valence-corrected chi connectivity index (χ4v) is 2.95. The van der Waals surface area contributed by atoms with Crippen molar-refractivity contribution in [2.45, 2.75) is 0 Å². The molecular weight excluding hydrogens is 349 g/mol. The van der Waals surface area contributed by atoms with Gasteiger partial charge in [0.05, 0.1) is 31.5 Å². The van der Waals surface area contributed by atoms with Crippen LogP contribution in [0.25, 0.3) is 10.8 Å². The van der Waals surface area contributed by atoms with Gasteiger partial charge >= 0.3 is 0 Å². The van der Waals surface area contributed by atoms with Gasteiger partial charge in [0, 0.05) is 25.0 Å². The van der Waals surface area contributed by atoms with Gasteiger partial charge in [0.1, 0.15) is 12.4 Å². The van der Waals surface area contributed by atoms with Gasteiger partial charge in [0.25, 0.3) is 0 Å². The maximum atomic E-state index is 6.40. The number of halogens is 2. The van der Waals surface area contributed by atoms with Crippen molar-refractivity contribution < 1.29 is 14.2 Å². The zero-order valence-corrected chi connectivity index (χ0v) is 15.2. The maximum Gasteiger partial charge on any atom is 0.138 e. The largest absolute Gasteiger partial charge is 0.490 e. The molecule has 3 rings (SSSR count). The number of ether oxygens (including phenoxy) is 3. The molecule has 0 atom stereocenters. The van der Waals surface area contributed by atoms with E-state index in [-0.39, 0.29) is 12.4 Å². The fraction of sp³-hybridized carbons (Fsp3) is 0.444. The smallest absolute Gasteiger partial charge is 0.138 e. The third-order valence-corrected chi connectivity index (χ3v) is 4.36. The molecule has 1 aliphatic heterocycles. The van der Waals surface area contributed by atoms with Crippen LogP contribution in [0.4, 0.5) is 0 Å². The molecule has 0 saturated carbocycles. The van der Waals surface area contributed by atoms with Gasteiger partial charge in [0.15, 0.2) is 0 Å². The summed E-state index contributed by atoms with van der Waals surface area (Å²) in [5.41, 5.74) is 0. The van der Waals surface area contributed by atoms with E-state index in [1.54, 1.807) is 0 Å². The Balaban J connectivity index is 0.00000208. The molecule has 1 heterocycles. The summed E-state index contributed by atoms with van der Waals surface area (Å²) in [5, 5.41) is 2.79. The van der Waals surface area contributed by atoms with Gasteiger partial charge in [-0.1, -0.05) is 41.9 Å². The van der Waals surface area contributed by atoms with E-state index in [2.05, 4.69) is 4.90 Å². The molecule has 1 fully saturated rings. The van der Waals surface area contributed by atoms with Gasteiger partial charge in [-0.05, 0) is 11.5 Å². The minimum atomic E-state index is 0. The first kappa shape index (κ1) is 19.3. The summed E-state index contributed by atoms with van der Waals surface area (Å²) < 4.78 is 16.7. The first-order chi connectivity index (χ1) is 11.3. The molecular formula is C18H23Cl2NO3. The zero-order chi connectivity index (χ0) is 15.9. The third-order valence-electron chi connectivity index (χ3n) is 3.97. The maximum absolute atomic E-state index is 6.40. The SMILES string of the molecule is Cl.Clc1c(OCCOCCN2CCOCC2)ccc2ccccc12. The lowest BCUT2D eigenvalue weighted by Crippen LogP contribution is -2.38. The van der Waals surface area contributed by atoms with Crippen molar-refractivity contribution in [3.8, 4) is 5.75 Å². The Morgan fingerprint density at radius 1 is 1.00 bits per heavy atom. The first-order valence-corrected chi connectivity index (χ1v) is 8.40. The van der Waals surface area contributed by atoms with Crippen LogP contribution in [0.2, 0.25) is 5.02 Å². The molecule has 0 aliphatic carbocycles. The highest BCUT2D eigenvalue weighted by Crippen LogP contribution is 2.32. The molecule has 2 aromatic rings. The van der Waals surface area contributed by atoms with Crippen molar-refractivity contribution in [2.75, 3.05) is 52.7 Å². The number of fused-ring (bicyclic) bond motifs is 1. The number of hydrogen-bond donors (Lipinski definition) is 0. The highest BCUT2D eigenvalue weighted by Gasteiger charge is 2.09. The molecule has 6 heteroatoms. The second-order valence-corrected chi connectivity index (χ2v) is 5.89. The lowest BCUT2D eigenvalue weighted by atomic mass is 10.1. The van der Waals surface area contributed by atoms with Crippen molar-refractivity contribution >= 4 is 34.8 Å². The minimum absolute atomic E-state index is 0. The number of hydrogen-bond acceptors (Lipinski definition) is 4. The molecule has 24 heavy (non-hydrogen) atoms. The van der Waals surface area contributed by atoms with Crippen LogP contribution in [0.5, 0.6) is 5.75 Å². The van der Waals surface area contributed by atoms with Crippen molar-refractivity contribution in [1.29, 1.82) is 0 Å². The molecule has 0 N–H and O–H groups in total. The molecule has 4 nitrogen and oxygen atoms in total. The fourth-order valence-electron chi connectivity index (χ4n) is 2.66. The van der Waals surface area contributed by atoms with Crippen molar-refractivity contribution in [3.05, 3.63) is 41.4 Å². The Morgan fingerprint density at radius 3 is 2.62 bits per heavy atom. The zero-order valence-electron chi connectivity index (χ0n) is 13.6. The van der Waals surface area contributed by atoms with Crippen LogP contribution >= 0.6 is 24.0 Å². The highest BCUT2D eigenvalue weighted by molar-refractivity contribution is 6.37. The van der Waals surface area contributed by atoms with Gasteiger partial charge in [0.2, 0.25) is 0 Å². The van der Waals surface area contributed by atoms with E-state index >= 15 is 0 Å². The van der Waals surface area contributed by atoms with E-state index in [1.165, 1.54) is 0 Å². The summed E-state index contributed by atoms with van der Waals surface area (Å²) in [6.45, 7) is 6.36. The average Bonchev–Trinajstić information content (AvgIpc) is 2.61. The van der Waals surface area contributed by atoms with Gasteiger partial charge in [-0.25, -0.2) is 0 Å². The van der Waals surface area contributed by atoms with Crippen LogP contribution in [-0.2, 0) is 9.47 Å². The molecule has 0 aromatic heterocycles. The Labute approximate surface area is 154 Å². The van der Waals surface area contributed by atoms with Crippen LogP contribution in [0, 0.1) is 0 Å². The molecule has 2 aromatic carbocycles. The monoisotopic (exact) mass is 371 g/mol. The summed E-state index contributed by atoms with van der Waals surface area (Å²) in [6.07, 6.45) is 0. The lowest BCUT2D eigenvalue weighted by Gasteiger charge is -2.26. The van der Waals surface area contributed by atoms with Crippen LogP contribution in [-0.4, -0.2) is 57.6 Å². The second-order valence-electron chi connectivity index (χ2n) is 5.51. The van der Waals surface area contributed by atoms with Crippen LogP contribution in [0.3, 0.4) is 0 Å². The quantitative estimate of drug-likeness (QED) is 0.695. The summed E-state index contributed by atoms with van der Waals surface area (Å²) in [5.74, 6) is 0.710. The van der Waals surface area contributed by atoms with E-state index in [0.29, 0.717) is 24.0 Å². The molecule has 132 valence electrons. The van der Waals surface area contributed by atoms with E-state index in [0.717, 1.165) is 50.2 Å². The molecule has 1 saturated heterocycles. The summed E-state index contributed by atoms with van der Waals surface area (Å²) in [6, 6.07) is 12.0. The average molecular weight is 372 g/mol. The van der Waals surface area contributed by atoms with E-state index < -0.39 is 0 Å². The lowest BCUT2D eigenvalue weighted by molar-refractivity contribution is 0.0170. The number of benzene rings is 2. The number of nitrogens with zero attached hydrogens (tertiary/aromatic N) is 1. The Kier molecular flexibility index (Phi) is 8.09. The first-order valence-electron chi connectivity index (χ1n) is 8.02. The van der Waals surface area contributed by atoms with E-state index in [1.807, 2.05) is 36.4 Å². The van der Waals surface area contributed by atoms with Crippen LogP contribution in [0.15, 0.2) is 36.4 Å². The second kappa shape index (κ2) is 10.1. The molecule has 0 bridgehead atoms. The minimum Gasteiger partial charge on any atom is -0.490 e. The topological polar surface area (TPSA) is 30.9 Å². The van der Waals surface area contributed by atoms with E-state index in [9.17, 15) is 0 Å². The summed E-state index contributed by atoms with van der Waals surface area (Å²) in [7, 11) is 0. The Morgan fingerprint density at radius 2 is 1.79 bits per heavy atom. The van der Waals surface area contributed by atoms with Gasteiger partial charge in [-0.3, -0.25) is 4.90 Å². The van der Waals surface area contributed by atoms with Gasteiger partial charge in [-0.2, -0.15) is 0 Å². The predicted molar refractivity (Wildman–Crippen MR) is 99.8 cm³/mol. The molecule has 0 amide bonds. The molecule has 1 aliphatic rings. The van der Waals surface area contributed by atoms with Crippen molar-refractivity contribution in [3.63, 3.8) is 0 Å². The Bertz CT molecular complexity index is 633. The summed E-state index contributed by atoms with van der Waals surface area (Å²) >= 11 is 6.40. The van der Waals surface area contributed by atoms with Crippen molar-refractivity contribution in [2.24, 2.45) is 0 Å². The Hall–Kier alpha value is -1.04. The molecule has 0 spiro atoms. The van der Waals surface area contributed by atoms with Gasteiger partial charge < -0.3 is 14.2 Å². The summed E-state index contributed by atoms with van der Waals surface area (Å²) in [4.78, 5) is 2.35. The number of morpholine rings is 1.